The van der Waals surface area contributed by atoms with E-state index in [-0.39, 0.29) is 19.6 Å². The Morgan fingerprint density at radius 2 is 1.27 bits per heavy atom. The zero-order valence-corrected chi connectivity index (χ0v) is 13.4. The Balaban J connectivity index is 2.04. The van der Waals surface area contributed by atoms with E-state index in [1.54, 1.807) is 6.92 Å². The number of carbonyl (C=O) groups excluding carboxylic acids is 1. The van der Waals surface area contributed by atoms with E-state index >= 15 is 0 Å². The SMILES string of the molecule is CCC(=O)P(=O)(OCc1ccccc1)OCc1ccccc1. The van der Waals surface area contributed by atoms with Gasteiger partial charge in [0.2, 0.25) is 5.52 Å². The predicted octanol–water partition coefficient (Wildman–Crippen LogP) is 4.55. The molecule has 0 N–H and O–H groups in total. The summed E-state index contributed by atoms with van der Waals surface area (Å²) in [6, 6.07) is 18.6. The molecule has 4 nitrogen and oxygen atoms in total. The zero-order chi connectivity index (χ0) is 15.8. The van der Waals surface area contributed by atoms with Gasteiger partial charge in [-0.05, 0) is 11.1 Å². The van der Waals surface area contributed by atoms with Crippen LogP contribution in [0, 0.1) is 0 Å². The Bertz CT molecular complexity index is 593. The summed E-state index contributed by atoms with van der Waals surface area (Å²) in [4.78, 5) is 12.0. The standard InChI is InChI=1S/C17H19O4P/c1-2-17(18)22(19,20-13-15-9-5-3-6-10-15)21-14-16-11-7-4-8-12-16/h3-12H,2,13-14H2,1H3. The van der Waals surface area contributed by atoms with Crippen molar-refractivity contribution < 1.29 is 18.4 Å². The van der Waals surface area contributed by atoms with Crippen molar-refractivity contribution in [3.8, 4) is 0 Å². The Kier molecular flexibility index (Phi) is 6.08. The smallest absolute Gasteiger partial charge is 0.298 e. The lowest BCUT2D eigenvalue weighted by atomic mass is 10.2. The van der Waals surface area contributed by atoms with Gasteiger partial charge in [-0.1, -0.05) is 67.6 Å². The number of rotatable bonds is 8. The molecule has 0 amide bonds. The molecular formula is C17H19O4P. The van der Waals surface area contributed by atoms with Crippen molar-refractivity contribution in [2.24, 2.45) is 0 Å². The van der Waals surface area contributed by atoms with E-state index in [0.29, 0.717) is 0 Å². The van der Waals surface area contributed by atoms with Crippen molar-refractivity contribution in [3.63, 3.8) is 0 Å². The summed E-state index contributed by atoms with van der Waals surface area (Å²) in [6.07, 6.45) is 0.112. The van der Waals surface area contributed by atoms with Gasteiger partial charge < -0.3 is 0 Å². The Morgan fingerprint density at radius 3 is 1.64 bits per heavy atom. The molecule has 0 bridgehead atoms. The van der Waals surface area contributed by atoms with Crippen molar-refractivity contribution in [2.45, 2.75) is 26.6 Å². The molecule has 116 valence electrons. The fourth-order valence-corrected chi connectivity index (χ4v) is 3.23. The molecule has 0 aromatic heterocycles. The Labute approximate surface area is 130 Å². The molecule has 0 unspecified atom stereocenters. The second kappa shape index (κ2) is 8.04. The summed E-state index contributed by atoms with van der Waals surface area (Å²) < 4.78 is 23.4. The molecule has 0 saturated carbocycles. The highest BCUT2D eigenvalue weighted by Gasteiger charge is 2.33. The van der Waals surface area contributed by atoms with Crippen LogP contribution >= 0.6 is 7.60 Å². The summed E-state index contributed by atoms with van der Waals surface area (Å²) in [5.74, 6) is 0. The second-order valence-electron chi connectivity index (χ2n) is 4.76. The van der Waals surface area contributed by atoms with Gasteiger partial charge in [0.15, 0.2) is 0 Å². The molecule has 0 radical (unpaired) electrons. The van der Waals surface area contributed by atoms with Crippen molar-refractivity contribution in [1.29, 1.82) is 0 Å². The summed E-state index contributed by atoms with van der Waals surface area (Å²) in [5, 5.41) is 0. The molecule has 0 aliphatic heterocycles. The first kappa shape index (κ1) is 16.6. The van der Waals surface area contributed by atoms with Crippen LogP contribution in [-0.4, -0.2) is 5.52 Å². The van der Waals surface area contributed by atoms with Crippen LogP contribution in [0.5, 0.6) is 0 Å². The van der Waals surface area contributed by atoms with E-state index in [9.17, 15) is 9.36 Å². The maximum Gasteiger partial charge on any atom is 0.397 e. The molecule has 0 saturated heterocycles. The van der Waals surface area contributed by atoms with Crippen LogP contribution in [0.2, 0.25) is 0 Å². The van der Waals surface area contributed by atoms with E-state index < -0.39 is 13.1 Å². The van der Waals surface area contributed by atoms with Crippen LogP contribution in [0.3, 0.4) is 0 Å². The van der Waals surface area contributed by atoms with Crippen LogP contribution < -0.4 is 0 Å². The quantitative estimate of drug-likeness (QED) is 0.670. The van der Waals surface area contributed by atoms with Crippen LogP contribution in [0.1, 0.15) is 24.5 Å². The highest BCUT2D eigenvalue weighted by molar-refractivity contribution is 7.71. The third kappa shape index (κ3) is 4.63. The van der Waals surface area contributed by atoms with Gasteiger partial charge in [0.1, 0.15) is 0 Å². The molecule has 2 rings (SSSR count). The van der Waals surface area contributed by atoms with Crippen molar-refractivity contribution >= 4 is 13.1 Å². The lowest BCUT2D eigenvalue weighted by molar-refractivity contribution is -0.113. The zero-order valence-electron chi connectivity index (χ0n) is 12.5. The molecule has 0 heterocycles. The molecule has 0 aliphatic rings. The fraction of sp³-hybridized carbons (Fsp3) is 0.235. The molecule has 2 aromatic carbocycles. The van der Waals surface area contributed by atoms with Gasteiger partial charge in [0, 0.05) is 6.42 Å². The van der Waals surface area contributed by atoms with Gasteiger partial charge in [-0.2, -0.15) is 0 Å². The van der Waals surface area contributed by atoms with Crippen LogP contribution in [-0.2, 0) is 31.6 Å². The minimum absolute atomic E-state index is 0.0820. The van der Waals surface area contributed by atoms with Crippen LogP contribution in [0.25, 0.3) is 0 Å². The van der Waals surface area contributed by atoms with Crippen molar-refractivity contribution in [1.82, 2.24) is 0 Å². The average Bonchev–Trinajstić information content (AvgIpc) is 2.59. The third-order valence-corrected chi connectivity index (χ3v) is 4.96. The van der Waals surface area contributed by atoms with Gasteiger partial charge in [-0.3, -0.25) is 18.4 Å². The summed E-state index contributed by atoms with van der Waals surface area (Å²) in [7, 11) is -3.78. The molecule has 0 spiro atoms. The minimum Gasteiger partial charge on any atom is -0.298 e. The molecule has 0 atom stereocenters. The van der Waals surface area contributed by atoms with Crippen LogP contribution in [0.15, 0.2) is 60.7 Å². The summed E-state index contributed by atoms with van der Waals surface area (Å²) in [6.45, 7) is 1.81. The van der Waals surface area contributed by atoms with Crippen molar-refractivity contribution in [2.75, 3.05) is 0 Å². The van der Waals surface area contributed by atoms with Gasteiger partial charge in [0.05, 0.1) is 13.2 Å². The van der Waals surface area contributed by atoms with E-state index in [1.807, 2.05) is 60.7 Å². The van der Waals surface area contributed by atoms with Gasteiger partial charge >= 0.3 is 7.60 Å². The van der Waals surface area contributed by atoms with E-state index in [0.717, 1.165) is 11.1 Å². The molecule has 5 heteroatoms. The molecule has 2 aromatic rings. The predicted molar refractivity (Wildman–Crippen MR) is 85.4 cm³/mol. The van der Waals surface area contributed by atoms with E-state index in [2.05, 4.69) is 0 Å². The lowest BCUT2D eigenvalue weighted by Crippen LogP contribution is -2.06. The summed E-state index contributed by atoms with van der Waals surface area (Å²) in [5.41, 5.74) is 1.18. The number of hydrogen-bond donors (Lipinski definition) is 0. The fourth-order valence-electron chi connectivity index (χ4n) is 1.84. The maximum absolute atomic E-state index is 12.7. The first-order valence-corrected chi connectivity index (χ1v) is 8.68. The topological polar surface area (TPSA) is 52.6 Å². The molecule has 0 aliphatic carbocycles. The number of hydrogen-bond acceptors (Lipinski definition) is 4. The minimum atomic E-state index is -3.78. The first-order valence-electron chi connectivity index (χ1n) is 7.14. The first-order chi connectivity index (χ1) is 10.6. The lowest BCUT2D eigenvalue weighted by Gasteiger charge is -2.17. The van der Waals surface area contributed by atoms with Gasteiger partial charge in [-0.15, -0.1) is 0 Å². The van der Waals surface area contributed by atoms with Crippen molar-refractivity contribution in [3.05, 3.63) is 71.8 Å². The maximum atomic E-state index is 12.7. The average molecular weight is 318 g/mol. The third-order valence-electron chi connectivity index (χ3n) is 3.10. The molecular weight excluding hydrogens is 299 g/mol. The monoisotopic (exact) mass is 318 g/mol. The molecule has 0 fully saturated rings. The highest BCUT2D eigenvalue weighted by atomic mass is 31.2. The van der Waals surface area contributed by atoms with Gasteiger partial charge in [-0.25, -0.2) is 0 Å². The van der Waals surface area contributed by atoms with E-state index in [1.165, 1.54) is 0 Å². The number of carbonyl (C=O) groups is 1. The van der Waals surface area contributed by atoms with Crippen LogP contribution in [0.4, 0.5) is 0 Å². The Hall–Kier alpha value is -1.74. The summed E-state index contributed by atoms with van der Waals surface area (Å²) >= 11 is 0. The second-order valence-corrected chi connectivity index (χ2v) is 6.77. The number of benzene rings is 2. The largest absolute Gasteiger partial charge is 0.397 e. The Morgan fingerprint density at radius 1 is 0.864 bits per heavy atom. The molecule has 22 heavy (non-hydrogen) atoms. The van der Waals surface area contributed by atoms with Gasteiger partial charge in [0.25, 0.3) is 0 Å². The highest BCUT2D eigenvalue weighted by Crippen LogP contribution is 2.51. The van der Waals surface area contributed by atoms with E-state index in [4.69, 9.17) is 9.05 Å². The normalized spacial score (nSPS) is 11.3.